The Labute approximate surface area is 118 Å². The number of carbonyl (C=O) groups excluding carboxylic acids is 2. The Morgan fingerprint density at radius 2 is 2.25 bits per heavy atom. The fourth-order valence-corrected chi connectivity index (χ4v) is 2.50. The summed E-state index contributed by atoms with van der Waals surface area (Å²) < 4.78 is 13.2. The Morgan fingerprint density at radius 1 is 1.45 bits per heavy atom. The van der Waals surface area contributed by atoms with Crippen molar-refractivity contribution in [3.8, 4) is 0 Å². The van der Waals surface area contributed by atoms with Gasteiger partial charge >= 0.3 is 0 Å². The van der Waals surface area contributed by atoms with Gasteiger partial charge in [0.1, 0.15) is 11.9 Å². The molecule has 0 aliphatic carbocycles. The van der Waals surface area contributed by atoms with Crippen LogP contribution in [0.15, 0.2) is 24.3 Å². The monoisotopic (exact) mass is 278 g/mol. The third-order valence-corrected chi connectivity index (χ3v) is 3.42. The van der Waals surface area contributed by atoms with Crippen LogP contribution < -0.4 is 5.32 Å². The highest BCUT2D eigenvalue weighted by atomic mass is 19.1. The smallest absolute Gasteiger partial charge is 0.245 e. The summed E-state index contributed by atoms with van der Waals surface area (Å²) in [4.78, 5) is 25.2. The van der Waals surface area contributed by atoms with Crippen molar-refractivity contribution >= 4 is 11.8 Å². The number of benzene rings is 1. The van der Waals surface area contributed by atoms with E-state index in [9.17, 15) is 14.0 Å². The molecule has 1 unspecified atom stereocenters. The van der Waals surface area contributed by atoms with Crippen molar-refractivity contribution in [1.29, 1.82) is 0 Å². The lowest BCUT2D eigenvalue weighted by Crippen LogP contribution is -2.46. The molecule has 0 radical (unpaired) electrons. The van der Waals surface area contributed by atoms with Crippen molar-refractivity contribution in [2.45, 2.75) is 38.8 Å². The van der Waals surface area contributed by atoms with E-state index >= 15 is 0 Å². The topological polar surface area (TPSA) is 49.4 Å². The number of nitrogens with zero attached hydrogens (tertiary/aromatic N) is 1. The maximum Gasteiger partial charge on any atom is 0.245 e. The lowest BCUT2D eigenvalue weighted by atomic mass is 10.1. The molecule has 1 aromatic rings. The molecule has 1 N–H and O–H groups in total. The van der Waals surface area contributed by atoms with Crippen LogP contribution >= 0.6 is 0 Å². The number of hydrogen-bond donors (Lipinski definition) is 1. The van der Waals surface area contributed by atoms with Crippen molar-refractivity contribution in [3.63, 3.8) is 0 Å². The first-order valence-corrected chi connectivity index (χ1v) is 6.86. The highest BCUT2D eigenvalue weighted by molar-refractivity contribution is 5.87. The highest BCUT2D eigenvalue weighted by Gasteiger charge is 2.27. The minimum absolute atomic E-state index is 0.0815. The first-order valence-electron chi connectivity index (χ1n) is 6.86. The first kappa shape index (κ1) is 14.5. The predicted octanol–water partition coefficient (Wildman–Crippen LogP) is 1.84. The fraction of sp³-hybridized carbons (Fsp3) is 0.467. The first-order chi connectivity index (χ1) is 9.56. The summed E-state index contributed by atoms with van der Waals surface area (Å²) in [5.41, 5.74) is 0.766. The van der Waals surface area contributed by atoms with Crippen LogP contribution in [0.1, 0.15) is 31.7 Å². The summed E-state index contributed by atoms with van der Waals surface area (Å²) in [7, 11) is 0. The SMILES string of the molecule is CC(=O)NC1CCCCN(Cc2cccc(F)c2)C1=O. The normalized spacial score (nSPS) is 19.6. The molecule has 1 aromatic carbocycles. The maximum absolute atomic E-state index is 13.2. The van der Waals surface area contributed by atoms with Crippen molar-refractivity contribution in [2.24, 2.45) is 0 Å². The summed E-state index contributed by atoms with van der Waals surface area (Å²) in [6, 6.07) is 5.80. The van der Waals surface area contributed by atoms with E-state index in [0.717, 1.165) is 18.4 Å². The lowest BCUT2D eigenvalue weighted by molar-refractivity contribution is -0.136. The minimum atomic E-state index is -0.455. The molecule has 5 heteroatoms. The Hall–Kier alpha value is -1.91. The minimum Gasteiger partial charge on any atom is -0.345 e. The van der Waals surface area contributed by atoms with Gasteiger partial charge in [0.05, 0.1) is 0 Å². The highest BCUT2D eigenvalue weighted by Crippen LogP contribution is 2.16. The Morgan fingerprint density at radius 3 is 2.95 bits per heavy atom. The van der Waals surface area contributed by atoms with Crippen molar-refractivity contribution < 1.29 is 14.0 Å². The van der Waals surface area contributed by atoms with Gasteiger partial charge in [-0.3, -0.25) is 9.59 Å². The van der Waals surface area contributed by atoms with Gasteiger partial charge in [0.15, 0.2) is 0 Å². The molecule has 1 fully saturated rings. The maximum atomic E-state index is 13.2. The molecule has 2 amide bonds. The van der Waals surface area contributed by atoms with E-state index in [0.29, 0.717) is 19.5 Å². The van der Waals surface area contributed by atoms with Crippen molar-refractivity contribution in [2.75, 3.05) is 6.54 Å². The number of amides is 2. The summed E-state index contributed by atoms with van der Waals surface area (Å²) in [5.74, 6) is -0.582. The van der Waals surface area contributed by atoms with Gasteiger partial charge < -0.3 is 10.2 Å². The molecule has 1 saturated heterocycles. The van der Waals surface area contributed by atoms with Gasteiger partial charge in [0.25, 0.3) is 0 Å². The van der Waals surface area contributed by atoms with E-state index in [1.807, 2.05) is 0 Å². The van der Waals surface area contributed by atoms with Crippen LogP contribution in [0, 0.1) is 5.82 Å². The molecule has 0 spiro atoms. The molecule has 20 heavy (non-hydrogen) atoms. The van der Waals surface area contributed by atoms with E-state index in [1.165, 1.54) is 19.1 Å². The Kier molecular flexibility index (Phi) is 4.71. The number of likely N-dealkylation sites (tertiary alicyclic amines) is 1. The molecule has 4 nitrogen and oxygen atoms in total. The number of carbonyl (C=O) groups is 2. The van der Waals surface area contributed by atoms with E-state index in [2.05, 4.69) is 5.32 Å². The van der Waals surface area contributed by atoms with E-state index in [1.54, 1.807) is 17.0 Å². The average Bonchev–Trinajstić information content (AvgIpc) is 2.54. The van der Waals surface area contributed by atoms with Crippen LogP contribution in [0.3, 0.4) is 0 Å². The average molecular weight is 278 g/mol. The van der Waals surface area contributed by atoms with E-state index < -0.39 is 6.04 Å². The summed E-state index contributed by atoms with van der Waals surface area (Å²) in [6.45, 7) is 2.44. The van der Waals surface area contributed by atoms with Crippen molar-refractivity contribution in [1.82, 2.24) is 10.2 Å². The number of nitrogens with one attached hydrogen (secondary N) is 1. The number of hydrogen-bond acceptors (Lipinski definition) is 2. The fourth-order valence-electron chi connectivity index (χ4n) is 2.50. The predicted molar refractivity (Wildman–Crippen MR) is 73.3 cm³/mol. The van der Waals surface area contributed by atoms with Crippen LogP contribution in [0.5, 0.6) is 0 Å². The van der Waals surface area contributed by atoms with Crippen LogP contribution in [0.25, 0.3) is 0 Å². The third kappa shape index (κ3) is 3.79. The van der Waals surface area contributed by atoms with Gasteiger partial charge in [-0.2, -0.15) is 0 Å². The quantitative estimate of drug-likeness (QED) is 0.917. The second-order valence-corrected chi connectivity index (χ2v) is 5.14. The van der Waals surface area contributed by atoms with Gasteiger partial charge in [0, 0.05) is 20.0 Å². The van der Waals surface area contributed by atoms with Crippen LogP contribution in [0.2, 0.25) is 0 Å². The van der Waals surface area contributed by atoms with E-state index in [4.69, 9.17) is 0 Å². The Balaban J connectivity index is 2.09. The summed E-state index contributed by atoms with van der Waals surface area (Å²) in [5, 5.41) is 2.69. The largest absolute Gasteiger partial charge is 0.345 e. The zero-order chi connectivity index (χ0) is 14.5. The summed E-state index contributed by atoms with van der Waals surface area (Å²) in [6.07, 6.45) is 2.46. The van der Waals surface area contributed by atoms with Gasteiger partial charge in [-0.15, -0.1) is 0 Å². The second kappa shape index (κ2) is 6.50. The molecule has 1 aliphatic rings. The van der Waals surface area contributed by atoms with Crippen LogP contribution in [0.4, 0.5) is 4.39 Å². The molecule has 0 saturated carbocycles. The molecule has 2 rings (SSSR count). The number of halogens is 1. The molecule has 108 valence electrons. The molecule has 1 heterocycles. The Bertz CT molecular complexity index is 504. The number of rotatable bonds is 3. The summed E-state index contributed by atoms with van der Waals surface area (Å²) >= 11 is 0. The zero-order valence-corrected chi connectivity index (χ0v) is 11.6. The van der Waals surface area contributed by atoms with Gasteiger partial charge in [0.2, 0.25) is 11.8 Å². The zero-order valence-electron chi connectivity index (χ0n) is 11.6. The molecular formula is C15H19FN2O2. The molecule has 1 aliphatic heterocycles. The molecule has 1 atom stereocenters. The lowest BCUT2D eigenvalue weighted by Gasteiger charge is -2.24. The molecule has 0 bridgehead atoms. The van der Waals surface area contributed by atoms with Crippen LogP contribution in [-0.2, 0) is 16.1 Å². The third-order valence-electron chi connectivity index (χ3n) is 3.42. The molecule has 0 aromatic heterocycles. The van der Waals surface area contributed by atoms with Gasteiger partial charge in [-0.1, -0.05) is 12.1 Å². The van der Waals surface area contributed by atoms with Gasteiger partial charge in [-0.25, -0.2) is 4.39 Å². The van der Waals surface area contributed by atoms with Gasteiger partial charge in [-0.05, 0) is 37.0 Å². The standard InChI is InChI=1S/C15H19FN2O2/c1-11(19)17-14-7-2-3-8-18(15(14)20)10-12-5-4-6-13(16)9-12/h4-6,9,14H,2-3,7-8,10H2,1H3,(H,17,19). The van der Waals surface area contributed by atoms with Crippen molar-refractivity contribution in [3.05, 3.63) is 35.6 Å². The van der Waals surface area contributed by atoms with E-state index in [-0.39, 0.29) is 17.6 Å². The molecular weight excluding hydrogens is 259 g/mol. The van der Waals surface area contributed by atoms with Crippen LogP contribution in [-0.4, -0.2) is 29.3 Å². The second-order valence-electron chi connectivity index (χ2n) is 5.14.